The monoisotopic (exact) mass is 512 g/mol. The molecule has 2 saturated heterocycles. The minimum Gasteiger partial charge on any atom is -0.444 e. The molecule has 0 radical (unpaired) electrons. The highest BCUT2D eigenvalue weighted by Crippen LogP contribution is 2.25. The molecule has 37 heavy (non-hydrogen) atoms. The van der Waals surface area contributed by atoms with Gasteiger partial charge in [-0.25, -0.2) is 19.7 Å². The van der Waals surface area contributed by atoms with E-state index in [0.717, 1.165) is 42.1 Å². The van der Waals surface area contributed by atoms with Gasteiger partial charge in [0.15, 0.2) is 11.5 Å². The van der Waals surface area contributed by atoms with E-state index in [9.17, 15) is 9.59 Å². The first kappa shape index (κ1) is 26.8. The van der Waals surface area contributed by atoms with Crippen LogP contribution < -0.4 is 5.32 Å². The maximum atomic E-state index is 12.8. The lowest BCUT2D eigenvalue weighted by Gasteiger charge is -2.32. The fraction of sp³-hybridized carbons (Fsp3) is 0.654. The van der Waals surface area contributed by atoms with E-state index in [2.05, 4.69) is 28.7 Å². The summed E-state index contributed by atoms with van der Waals surface area (Å²) in [7, 11) is 3.91. The Balaban J connectivity index is 1.28. The van der Waals surface area contributed by atoms with Gasteiger partial charge in [-0.1, -0.05) is 13.0 Å². The van der Waals surface area contributed by atoms with Gasteiger partial charge in [0.05, 0.1) is 12.9 Å². The van der Waals surface area contributed by atoms with Crippen LogP contribution in [-0.2, 0) is 16.0 Å². The summed E-state index contributed by atoms with van der Waals surface area (Å²) in [5, 5.41) is 3.57. The molecule has 11 heteroatoms. The fourth-order valence-electron chi connectivity index (χ4n) is 4.71. The summed E-state index contributed by atoms with van der Waals surface area (Å²) in [4.78, 5) is 44.6. The van der Waals surface area contributed by atoms with Crippen LogP contribution >= 0.6 is 0 Å². The van der Waals surface area contributed by atoms with Crippen molar-refractivity contribution in [3.63, 3.8) is 0 Å². The third kappa shape index (κ3) is 6.57. The predicted molar refractivity (Wildman–Crippen MR) is 142 cm³/mol. The Kier molecular flexibility index (Phi) is 8.63. The molecule has 2 aliphatic rings. The summed E-state index contributed by atoms with van der Waals surface area (Å²) in [5.41, 5.74) is 1.63. The summed E-state index contributed by atoms with van der Waals surface area (Å²) in [6.07, 6.45) is 7.72. The molecule has 0 aliphatic carbocycles. The first-order valence-corrected chi connectivity index (χ1v) is 13.3. The number of fused-ring (bicyclic) bond motifs is 1. The third-order valence-corrected chi connectivity index (χ3v) is 6.89. The van der Waals surface area contributed by atoms with Crippen LogP contribution in [-0.4, -0.2) is 105 Å². The largest absolute Gasteiger partial charge is 0.444 e. The zero-order chi connectivity index (χ0) is 26.5. The topological polar surface area (TPSA) is 109 Å². The van der Waals surface area contributed by atoms with Crippen LogP contribution in [0.1, 0.15) is 51.9 Å². The van der Waals surface area contributed by atoms with E-state index >= 15 is 0 Å². The minimum absolute atomic E-state index is 0.0319. The smallest absolute Gasteiger partial charge is 0.410 e. The summed E-state index contributed by atoms with van der Waals surface area (Å²) < 4.78 is 7.81. The lowest BCUT2D eigenvalue weighted by molar-refractivity contribution is -0.125. The van der Waals surface area contributed by atoms with Gasteiger partial charge in [-0.2, -0.15) is 0 Å². The number of nitrogens with one attached hydrogen (secondary N) is 1. The van der Waals surface area contributed by atoms with E-state index in [1.54, 1.807) is 15.9 Å². The number of ether oxygens (including phenoxy) is 1. The van der Waals surface area contributed by atoms with Gasteiger partial charge in [-0.05, 0) is 40.8 Å². The SMILES string of the molecule is CCc1nc(NC2CCN(C(=O)O[C@H]3CCN(C(=O)/C=C/CN(C)C)C3)CC2)c2ncn(C(C)C)c2n1. The maximum Gasteiger partial charge on any atom is 0.410 e. The molecule has 11 nitrogen and oxygen atoms in total. The Bertz CT molecular complexity index is 1120. The fourth-order valence-corrected chi connectivity index (χ4v) is 4.71. The number of carbonyl (C=O) groups is 2. The zero-order valence-electron chi connectivity index (χ0n) is 22.7. The van der Waals surface area contributed by atoms with Crippen molar-refractivity contribution in [2.45, 2.75) is 64.6 Å². The number of likely N-dealkylation sites (tertiary alicyclic amines) is 2. The molecule has 2 aliphatic heterocycles. The summed E-state index contributed by atoms with van der Waals surface area (Å²) >= 11 is 0. The van der Waals surface area contributed by atoms with E-state index in [0.29, 0.717) is 39.1 Å². The van der Waals surface area contributed by atoms with Gasteiger partial charge in [0, 0.05) is 57.2 Å². The standard InChI is InChI=1S/C26H40N8O3/c1-6-21-29-24(23-25(30-21)34(17-27-23)18(2)3)28-19-9-13-32(14-10-19)26(36)37-20-11-15-33(16-20)22(35)8-7-12-31(4)5/h7-8,17-20H,6,9-16H2,1-5H3,(H,28,29,30)/b8-7+/t20-/m0/s1. The van der Waals surface area contributed by atoms with Crippen LogP contribution in [0.2, 0.25) is 0 Å². The van der Waals surface area contributed by atoms with Crippen molar-refractivity contribution < 1.29 is 14.3 Å². The average Bonchev–Trinajstić information content (AvgIpc) is 3.51. The molecule has 0 bridgehead atoms. The van der Waals surface area contributed by atoms with Crippen molar-refractivity contribution >= 4 is 29.0 Å². The average molecular weight is 513 g/mol. The molecule has 4 rings (SSSR count). The molecule has 2 aromatic rings. The number of hydrogen-bond donors (Lipinski definition) is 1. The van der Waals surface area contributed by atoms with Gasteiger partial charge < -0.3 is 29.3 Å². The number of likely N-dealkylation sites (N-methyl/N-ethyl adjacent to an activating group) is 1. The highest BCUT2D eigenvalue weighted by molar-refractivity contribution is 5.88. The second kappa shape index (κ2) is 11.9. The number of piperidine rings is 1. The van der Waals surface area contributed by atoms with Crippen LogP contribution in [0.25, 0.3) is 11.2 Å². The molecule has 1 N–H and O–H groups in total. The number of nitrogens with zero attached hydrogens (tertiary/aromatic N) is 7. The second-order valence-electron chi connectivity index (χ2n) is 10.4. The Hall–Kier alpha value is -3.21. The summed E-state index contributed by atoms with van der Waals surface area (Å²) in [5.74, 6) is 1.52. The van der Waals surface area contributed by atoms with Crippen molar-refractivity contribution in [2.75, 3.05) is 52.1 Å². The molecule has 2 fully saturated rings. The Labute approximate surface area is 218 Å². The number of amides is 2. The molecular formula is C26H40N8O3. The zero-order valence-corrected chi connectivity index (χ0v) is 22.7. The van der Waals surface area contributed by atoms with Crippen LogP contribution in [0.3, 0.4) is 0 Å². The van der Waals surface area contributed by atoms with Crippen molar-refractivity contribution in [3.8, 4) is 0 Å². The number of aromatic nitrogens is 4. The highest BCUT2D eigenvalue weighted by atomic mass is 16.6. The first-order valence-electron chi connectivity index (χ1n) is 13.3. The maximum absolute atomic E-state index is 12.8. The molecule has 0 aromatic carbocycles. The van der Waals surface area contributed by atoms with E-state index in [-0.39, 0.29) is 30.2 Å². The first-order chi connectivity index (χ1) is 17.7. The van der Waals surface area contributed by atoms with Crippen molar-refractivity contribution in [2.24, 2.45) is 0 Å². The van der Waals surface area contributed by atoms with Crippen LogP contribution in [0, 0.1) is 0 Å². The van der Waals surface area contributed by atoms with Crippen LogP contribution in [0.4, 0.5) is 10.6 Å². The Morgan fingerprint density at radius 2 is 1.89 bits per heavy atom. The molecule has 202 valence electrons. The van der Waals surface area contributed by atoms with Gasteiger partial charge in [-0.3, -0.25) is 4.79 Å². The molecule has 0 spiro atoms. The number of aryl methyl sites for hydroxylation is 1. The minimum atomic E-state index is -0.297. The molecule has 2 amide bonds. The van der Waals surface area contributed by atoms with Crippen LogP contribution in [0.15, 0.2) is 18.5 Å². The molecule has 0 unspecified atom stereocenters. The van der Waals surface area contributed by atoms with Gasteiger partial charge in [-0.15, -0.1) is 0 Å². The molecule has 1 atom stereocenters. The van der Waals surface area contributed by atoms with Crippen molar-refractivity contribution in [3.05, 3.63) is 24.3 Å². The van der Waals surface area contributed by atoms with E-state index in [4.69, 9.17) is 14.7 Å². The molecule has 4 heterocycles. The predicted octanol–water partition coefficient (Wildman–Crippen LogP) is 2.70. The Morgan fingerprint density at radius 3 is 2.57 bits per heavy atom. The lowest BCUT2D eigenvalue weighted by atomic mass is 10.1. The quantitative estimate of drug-likeness (QED) is 0.538. The van der Waals surface area contributed by atoms with Gasteiger partial charge in [0.1, 0.15) is 17.4 Å². The van der Waals surface area contributed by atoms with Gasteiger partial charge >= 0.3 is 6.09 Å². The van der Waals surface area contributed by atoms with Crippen molar-refractivity contribution in [1.29, 1.82) is 0 Å². The van der Waals surface area contributed by atoms with Gasteiger partial charge in [0.25, 0.3) is 0 Å². The third-order valence-electron chi connectivity index (χ3n) is 6.89. The Morgan fingerprint density at radius 1 is 1.16 bits per heavy atom. The number of rotatable bonds is 8. The highest BCUT2D eigenvalue weighted by Gasteiger charge is 2.31. The number of anilines is 1. The van der Waals surface area contributed by atoms with Crippen LogP contribution in [0.5, 0.6) is 0 Å². The van der Waals surface area contributed by atoms with E-state index in [1.807, 2.05) is 38.3 Å². The molecular weight excluding hydrogens is 472 g/mol. The van der Waals surface area contributed by atoms with Crippen molar-refractivity contribution in [1.82, 2.24) is 34.2 Å². The number of carbonyl (C=O) groups excluding carboxylic acids is 2. The lowest BCUT2D eigenvalue weighted by Crippen LogP contribution is -2.44. The molecule has 2 aromatic heterocycles. The van der Waals surface area contributed by atoms with E-state index in [1.165, 1.54) is 0 Å². The normalized spacial score (nSPS) is 19.1. The molecule has 0 saturated carbocycles. The summed E-state index contributed by atoms with van der Waals surface area (Å²) in [6, 6.07) is 0.445. The second-order valence-corrected chi connectivity index (χ2v) is 10.4. The number of imidazole rings is 1. The van der Waals surface area contributed by atoms with E-state index < -0.39 is 0 Å². The number of hydrogen-bond acceptors (Lipinski definition) is 8. The van der Waals surface area contributed by atoms with Gasteiger partial charge in [0.2, 0.25) is 5.91 Å². The summed E-state index contributed by atoms with van der Waals surface area (Å²) in [6.45, 7) is 9.25.